The van der Waals surface area contributed by atoms with Gasteiger partial charge in [-0.25, -0.2) is 4.98 Å². The van der Waals surface area contributed by atoms with Gasteiger partial charge in [-0.2, -0.15) is 5.26 Å². The van der Waals surface area contributed by atoms with E-state index < -0.39 is 0 Å². The summed E-state index contributed by atoms with van der Waals surface area (Å²) in [7, 11) is 0. The first-order valence-corrected chi connectivity index (χ1v) is 5.30. The van der Waals surface area contributed by atoms with Gasteiger partial charge in [-0.1, -0.05) is 30.0 Å². The molecule has 0 fully saturated rings. The highest BCUT2D eigenvalue weighted by Gasteiger charge is 2.02. The third kappa shape index (κ3) is 2.36. The summed E-state index contributed by atoms with van der Waals surface area (Å²) in [5.41, 5.74) is 0.688. The van der Waals surface area contributed by atoms with Crippen LogP contribution in [0.3, 0.4) is 0 Å². The van der Waals surface area contributed by atoms with Crippen LogP contribution in [0.1, 0.15) is 5.56 Å². The molecule has 72 valence electrons. The summed E-state index contributed by atoms with van der Waals surface area (Å²) in [4.78, 5) is 5.15. The zero-order valence-corrected chi connectivity index (χ0v) is 8.74. The molecule has 1 aromatic carbocycles. The van der Waals surface area contributed by atoms with Gasteiger partial charge in [0.2, 0.25) is 0 Å². The maximum absolute atomic E-state index is 8.91. The van der Waals surface area contributed by atoms with E-state index in [2.05, 4.69) is 11.1 Å². The number of hydrogen-bond acceptors (Lipinski definition) is 3. The first-order chi connectivity index (χ1) is 7.40. The SMILES string of the molecule is N#Cc1ccccc1Sc1ccccn1. The van der Waals surface area contributed by atoms with E-state index in [1.54, 1.807) is 6.20 Å². The molecule has 2 aromatic rings. The fourth-order valence-corrected chi connectivity index (χ4v) is 2.02. The summed E-state index contributed by atoms with van der Waals surface area (Å²) in [6, 6.07) is 15.4. The molecule has 15 heavy (non-hydrogen) atoms. The highest BCUT2D eigenvalue weighted by Crippen LogP contribution is 2.27. The van der Waals surface area contributed by atoms with Crippen LogP contribution in [-0.4, -0.2) is 4.98 Å². The zero-order valence-electron chi connectivity index (χ0n) is 7.92. The van der Waals surface area contributed by atoms with E-state index in [4.69, 9.17) is 5.26 Å². The Hall–Kier alpha value is -1.79. The van der Waals surface area contributed by atoms with Crippen molar-refractivity contribution < 1.29 is 0 Å². The van der Waals surface area contributed by atoms with Crippen molar-refractivity contribution in [1.29, 1.82) is 5.26 Å². The van der Waals surface area contributed by atoms with Gasteiger partial charge in [0.15, 0.2) is 0 Å². The highest BCUT2D eigenvalue weighted by molar-refractivity contribution is 7.99. The maximum Gasteiger partial charge on any atom is 0.101 e. The molecule has 0 aliphatic carbocycles. The predicted molar refractivity (Wildman–Crippen MR) is 59.5 cm³/mol. The number of nitrogens with zero attached hydrogens (tertiary/aromatic N) is 2. The largest absolute Gasteiger partial charge is 0.250 e. The summed E-state index contributed by atoms with van der Waals surface area (Å²) >= 11 is 1.51. The van der Waals surface area contributed by atoms with Crippen LogP contribution in [0.5, 0.6) is 0 Å². The predicted octanol–water partition coefficient (Wildman–Crippen LogP) is 3.10. The monoisotopic (exact) mass is 212 g/mol. The van der Waals surface area contributed by atoms with Crippen LogP contribution in [0.4, 0.5) is 0 Å². The molecule has 1 heterocycles. The van der Waals surface area contributed by atoms with Gasteiger partial charge < -0.3 is 0 Å². The lowest BCUT2D eigenvalue weighted by molar-refractivity contribution is 1.13. The van der Waals surface area contributed by atoms with Crippen LogP contribution < -0.4 is 0 Å². The maximum atomic E-state index is 8.91. The summed E-state index contributed by atoms with van der Waals surface area (Å²) in [5.74, 6) is 0. The molecular formula is C12H8N2S. The smallest absolute Gasteiger partial charge is 0.101 e. The molecule has 0 saturated carbocycles. The van der Waals surface area contributed by atoms with E-state index in [1.165, 1.54) is 11.8 Å². The molecule has 0 N–H and O–H groups in total. The van der Waals surface area contributed by atoms with E-state index in [-0.39, 0.29) is 0 Å². The molecule has 0 aliphatic rings. The van der Waals surface area contributed by atoms with Gasteiger partial charge >= 0.3 is 0 Å². The van der Waals surface area contributed by atoms with Crippen LogP contribution in [0.15, 0.2) is 58.6 Å². The minimum atomic E-state index is 0.688. The molecule has 0 aliphatic heterocycles. The van der Waals surface area contributed by atoms with E-state index in [9.17, 15) is 0 Å². The summed E-state index contributed by atoms with van der Waals surface area (Å²) in [6.07, 6.45) is 1.75. The standard InChI is InChI=1S/C12H8N2S/c13-9-10-5-1-2-6-11(10)15-12-7-3-4-8-14-12/h1-8H. The van der Waals surface area contributed by atoms with Gasteiger partial charge in [0, 0.05) is 11.1 Å². The van der Waals surface area contributed by atoms with E-state index in [0.29, 0.717) is 5.56 Å². The van der Waals surface area contributed by atoms with Crippen LogP contribution in [-0.2, 0) is 0 Å². The highest BCUT2D eigenvalue weighted by atomic mass is 32.2. The second-order valence-electron chi connectivity index (χ2n) is 2.88. The van der Waals surface area contributed by atoms with E-state index in [1.807, 2.05) is 42.5 Å². The van der Waals surface area contributed by atoms with Crippen molar-refractivity contribution in [2.75, 3.05) is 0 Å². The summed E-state index contributed by atoms with van der Waals surface area (Å²) < 4.78 is 0. The number of hydrogen-bond donors (Lipinski definition) is 0. The third-order valence-electron chi connectivity index (χ3n) is 1.86. The molecule has 2 rings (SSSR count). The minimum absolute atomic E-state index is 0.688. The van der Waals surface area contributed by atoms with E-state index in [0.717, 1.165) is 9.92 Å². The normalized spacial score (nSPS) is 9.53. The van der Waals surface area contributed by atoms with E-state index >= 15 is 0 Å². The Morgan fingerprint density at radius 1 is 1.07 bits per heavy atom. The zero-order chi connectivity index (χ0) is 10.5. The summed E-state index contributed by atoms with van der Waals surface area (Å²) in [6.45, 7) is 0. The Balaban J connectivity index is 2.29. The number of pyridine rings is 1. The Morgan fingerprint density at radius 2 is 1.87 bits per heavy atom. The van der Waals surface area contributed by atoms with Gasteiger partial charge in [0.05, 0.1) is 5.56 Å². The Bertz CT molecular complexity index is 488. The quantitative estimate of drug-likeness (QED) is 0.767. The molecule has 0 unspecified atom stereocenters. The van der Waals surface area contributed by atoms with Crippen molar-refractivity contribution in [2.45, 2.75) is 9.92 Å². The number of benzene rings is 1. The first-order valence-electron chi connectivity index (χ1n) is 4.48. The Labute approximate surface area is 92.6 Å². The summed E-state index contributed by atoms with van der Waals surface area (Å²) in [5, 5.41) is 9.82. The molecule has 0 amide bonds. The van der Waals surface area contributed by atoms with Crippen molar-refractivity contribution in [1.82, 2.24) is 4.98 Å². The lowest BCUT2D eigenvalue weighted by Gasteiger charge is -2.01. The average molecular weight is 212 g/mol. The van der Waals surface area contributed by atoms with Gasteiger partial charge in [-0.15, -0.1) is 0 Å². The van der Waals surface area contributed by atoms with Crippen LogP contribution in [0.2, 0.25) is 0 Å². The lowest BCUT2D eigenvalue weighted by atomic mass is 10.2. The number of nitriles is 1. The molecule has 1 aromatic heterocycles. The first kappa shape index (κ1) is 9.75. The molecular weight excluding hydrogens is 204 g/mol. The Morgan fingerprint density at radius 3 is 2.60 bits per heavy atom. The van der Waals surface area contributed by atoms with Crippen LogP contribution in [0, 0.1) is 11.3 Å². The second-order valence-corrected chi connectivity index (χ2v) is 3.94. The van der Waals surface area contributed by atoms with Crippen molar-refractivity contribution in [3.8, 4) is 6.07 Å². The van der Waals surface area contributed by atoms with Gasteiger partial charge in [-0.3, -0.25) is 0 Å². The third-order valence-corrected chi connectivity index (χ3v) is 2.89. The average Bonchev–Trinajstić information content (AvgIpc) is 2.31. The molecule has 0 saturated heterocycles. The van der Waals surface area contributed by atoms with Gasteiger partial charge in [-0.05, 0) is 24.3 Å². The molecule has 0 bridgehead atoms. The van der Waals surface area contributed by atoms with Crippen molar-refractivity contribution in [2.24, 2.45) is 0 Å². The molecule has 0 radical (unpaired) electrons. The van der Waals surface area contributed by atoms with Crippen molar-refractivity contribution >= 4 is 11.8 Å². The second kappa shape index (κ2) is 4.63. The number of rotatable bonds is 2. The lowest BCUT2D eigenvalue weighted by Crippen LogP contribution is -1.81. The molecule has 3 heteroatoms. The van der Waals surface area contributed by atoms with Crippen LogP contribution >= 0.6 is 11.8 Å². The van der Waals surface area contributed by atoms with Crippen LogP contribution in [0.25, 0.3) is 0 Å². The Kier molecular flexibility index (Phi) is 3.01. The fraction of sp³-hybridized carbons (Fsp3) is 0. The topological polar surface area (TPSA) is 36.7 Å². The van der Waals surface area contributed by atoms with Crippen molar-refractivity contribution in [3.05, 3.63) is 54.2 Å². The molecule has 0 spiro atoms. The fourth-order valence-electron chi connectivity index (χ4n) is 1.17. The number of aromatic nitrogens is 1. The van der Waals surface area contributed by atoms with Crippen molar-refractivity contribution in [3.63, 3.8) is 0 Å². The van der Waals surface area contributed by atoms with Gasteiger partial charge in [0.25, 0.3) is 0 Å². The van der Waals surface area contributed by atoms with Gasteiger partial charge in [0.1, 0.15) is 11.1 Å². The molecule has 2 nitrogen and oxygen atoms in total. The minimum Gasteiger partial charge on any atom is -0.250 e. The molecule has 0 atom stereocenters.